The van der Waals surface area contributed by atoms with Crippen LogP contribution in [0, 0.1) is 0 Å². The summed E-state index contributed by atoms with van der Waals surface area (Å²) in [6.07, 6.45) is 3.74. The highest BCUT2D eigenvalue weighted by atomic mass is 16.5. The molecule has 1 fully saturated rings. The van der Waals surface area contributed by atoms with Gasteiger partial charge in [0.15, 0.2) is 16.9 Å². The van der Waals surface area contributed by atoms with Crippen molar-refractivity contribution in [1.29, 1.82) is 0 Å². The Kier molecular flexibility index (Phi) is 5.71. The van der Waals surface area contributed by atoms with Crippen LogP contribution in [0.4, 0.5) is 0 Å². The number of aromatic nitrogens is 1. The first-order valence-corrected chi connectivity index (χ1v) is 10.0. The summed E-state index contributed by atoms with van der Waals surface area (Å²) in [6, 6.07) is 12.5. The van der Waals surface area contributed by atoms with Gasteiger partial charge in [-0.3, -0.25) is 9.69 Å². The molecule has 6 nitrogen and oxygen atoms in total. The molecule has 6 heteroatoms. The van der Waals surface area contributed by atoms with Crippen LogP contribution in [0.15, 0.2) is 47.3 Å². The summed E-state index contributed by atoms with van der Waals surface area (Å²) in [5.74, 6) is 0.733. The van der Waals surface area contributed by atoms with E-state index in [0.29, 0.717) is 29.3 Å². The van der Waals surface area contributed by atoms with E-state index in [1.165, 1.54) is 38.5 Å². The maximum Gasteiger partial charge on any atom is 0.193 e. The molecule has 0 aliphatic carbocycles. The number of nitrogens with one attached hydrogen (secondary N) is 1. The molecule has 1 aliphatic rings. The number of ether oxygens (including phenoxy) is 2. The fourth-order valence-electron chi connectivity index (χ4n) is 3.92. The molecule has 0 radical (unpaired) electrons. The van der Waals surface area contributed by atoms with E-state index in [1.54, 1.807) is 0 Å². The number of phenolic OH excluding ortho intramolecular Hbond substituents is 1. The van der Waals surface area contributed by atoms with Crippen molar-refractivity contribution >= 4 is 10.9 Å². The van der Waals surface area contributed by atoms with Crippen molar-refractivity contribution in [2.75, 3.05) is 33.4 Å². The van der Waals surface area contributed by atoms with Crippen LogP contribution < -0.4 is 14.9 Å². The number of nitrogens with zero attached hydrogens (tertiary/aromatic N) is 1. The zero-order valence-corrected chi connectivity index (χ0v) is 16.6. The minimum atomic E-state index is -0.270. The summed E-state index contributed by atoms with van der Waals surface area (Å²) in [4.78, 5) is 18.3. The van der Waals surface area contributed by atoms with Crippen molar-refractivity contribution in [2.24, 2.45) is 0 Å². The van der Waals surface area contributed by atoms with E-state index in [2.05, 4.69) is 9.88 Å². The zero-order valence-electron chi connectivity index (χ0n) is 16.6. The second kappa shape index (κ2) is 8.57. The molecule has 0 amide bonds. The smallest absolute Gasteiger partial charge is 0.193 e. The van der Waals surface area contributed by atoms with Crippen molar-refractivity contribution in [2.45, 2.75) is 19.3 Å². The lowest BCUT2D eigenvalue weighted by atomic mass is 10.1. The highest BCUT2D eigenvalue weighted by Crippen LogP contribution is 2.39. The quantitative estimate of drug-likeness (QED) is 0.666. The molecular weight excluding hydrogens is 368 g/mol. The third kappa shape index (κ3) is 4.07. The van der Waals surface area contributed by atoms with Gasteiger partial charge in [-0.05, 0) is 31.5 Å². The summed E-state index contributed by atoms with van der Waals surface area (Å²) in [6.45, 7) is 3.50. The number of H-pyrrole nitrogens is 1. The summed E-state index contributed by atoms with van der Waals surface area (Å²) >= 11 is 0. The number of phenols is 1. The summed E-state index contributed by atoms with van der Waals surface area (Å²) in [5, 5.41) is 10.7. The molecule has 0 spiro atoms. The van der Waals surface area contributed by atoms with Crippen molar-refractivity contribution in [3.05, 3.63) is 52.7 Å². The number of pyridine rings is 1. The fourth-order valence-corrected chi connectivity index (χ4v) is 3.92. The number of aromatic hydroxyl groups is 1. The zero-order chi connectivity index (χ0) is 20.2. The third-order valence-electron chi connectivity index (χ3n) is 5.41. The number of rotatable bonds is 6. The van der Waals surface area contributed by atoms with Crippen LogP contribution >= 0.6 is 0 Å². The topological polar surface area (TPSA) is 74.8 Å². The molecule has 29 heavy (non-hydrogen) atoms. The number of hydrogen-bond donors (Lipinski definition) is 2. The van der Waals surface area contributed by atoms with Crippen LogP contribution in [-0.4, -0.2) is 48.3 Å². The molecular formula is C23H26N2O4. The Labute approximate surface area is 169 Å². The van der Waals surface area contributed by atoms with E-state index in [0.717, 1.165) is 25.2 Å². The standard InChI is InChI=1S/C23H26N2O4/c1-28-23-20(29-13-12-25-10-6-3-7-11-25)15-19(27)21-18(26)14-17(24-22(21)23)16-8-4-2-5-9-16/h2,4-5,8-9,14-15,27H,3,6-7,10-13H2,1H3,(H,24,26). The van der Waals surface area contributed by atoms with E-state index in [4.69, 9.17) is 9.47 Å². The van der Waals surface area contributed by atoms with E-state index in [1.807, 2.05) is 30.3 Å². The predicted molar refractivity (Wildman–Crippen MR) is 114 cm³/mol. The molecule has 1 saturated heterocycles. The minimum Gasteiger partial charge on any atom is -0.507 e. The van der Waals surface area contributed by atoms with Crippen LogP contribution in [0.3, 0.4) is 0 Å². The van der Waals surface area contributed by atoms with Crippen molar-refractivity contribution < 1.29 is 14.6 Å². The van der Waals surface area contributed by atoms with Crippen LogP contribution in [0.1, 0.15) is 19.3 Å². The monoisotopic (exact) mass is 394 g/mol. The van der Waals surface area contributed by atoms with E-state index < -0.39 is 0 Å². The first kappa shape index (κ1) is 19.3. The third-order valence-corrected chi connectivity index (χ3v) is 5.41. The highest BCUT2D eigenvalue weighted by molar-refractivity contribution is 5.93. The molecule has 0 bridgehead atoms. The maximum absolute atomic E-state index is 12.7. The Morgan fingerprint density at radius 3 is 2.59 bits per heavy atom. The normalized spacial score (nSPS) is 14.8. The number of aromatic amines is 1. The first-order chi connectivity index (χ1) is 14.2. The van der Waals surface area contributed by atoms with Gasteiger partial charge in [0.05, 0.1) is 12.5 Å². The molecule has 2 heterocycles. The van der Waals surface area contributed by atoms with E-state index in [-0.39, 0.29) is 16.6 Å². The molecule has 2 N–H and O–H groups in total. The lowest BCUT2D eigenvalue weighted by Crippen LogP contribution is -2.33. The number of hydrogen-bond acceptors (Lipinski definition) is 5. The predicted octanol–water partition coefficient (Wildman–Crippen LogP) is 3.77. The van der Waals surface area contributed by atoms with Crippen LogP contribution in [0.25, 0.3) is 22.2 Å². The van der Waals surface area contributed by atoms with E-state index in [9.17, 15) is 9.90 Å². The average Bonchev–Trinajstić information content (AvgIpc) is 2.75. The van der Waals surface area contributed by atoms with Crippen LogP contribution in [0.5, 0.6) is 17.2 Å². The summed E-state index contributed by atoms with van der Waals surface area (Å²) < 4.78 is 11.5. The van der Waals surface area contributed by atoms with Crippen molar-refractivity contribution in [1.82, 2.24) is 9.88 Å². The molecule has 0 atom stereocenters. The Morgan fingerprint density at radius 1 is 1.10 bits per heavy atom. The fraction of sp³-hybridized carbons (Fsp3) is 0.348. The molecule has 3 aromatic rings. The molecule has 2 aromatic carbocycles. The van der Waals surface area contributed by atoms with Crippen LogP contribution in [-0.2, 0) is 0 Å². The molecule has 4 rings (SSSR count). The number of methoxy groups -OCH3 is 1. The molecule has 0 unspecified atom stereocenters. The van der Waals surface area contributed by atoms with E-state index >= 15 is 0 Å². The van der Waals surface area contributed by atoms with Gasteiger partial charge < -0.3 is 19.6 Å². The average molecular weight is 394 g/mol. The van der Waals surface area contributed by atoms with Crippen molar-refractivity contribution in [3.8, 4) is 28.5 Å². The van der Waals surface area contributed by atoms with Gasteiger partial charge >= 0.3 is 0 Å². The maximum atomic E-state index is 12.7. The summed E-state index contributed by atoms with van der Waals surface area (Å²) in [5.41, 5.74) is 1.70. The van der Waals surface area contributed by atoms with Gasteiger partial charge in [-0.1, -0.05) is 36.8 Å². The van der Waals surface area contributed by atoms with Gasteiger partial charge in [0.1, 0.15) is 17.9 Å². The number of likely N-dealkylation sites (tertiary alicyclic amines) is 1. The second-order valence-corrected chi connectivity index (χ2v) is 7.34. The number of benzene rings is 2. The van der Waals surface area contributed by atoms with Crippen molar-refractivity contribution in [3.63, 3.8) is 0 Å². The van der Waals surface area contributed by atoms with Gasteiger partial charge in [-0.15, -0.1) is 0 Å². The van der Waals surface area contributed by atoms with Gasteiger partial charge in [0, 0.05) is 24.4 Å². The van der Waals surface area contributed by atoms with Crippen LogP contribution in [0.2, 0.25) is 0 Å². The molecule has 1 aliphatic heterocycles. The van der Waals surface area contributed by atoms with Gasteiger partial charge in [-0.25, -0.2) is 0 Å². The second-order valence-electron chi connectivity index (χ2n) is 7.34. The van der Waals surface area contributed by atoms with Gasteiger partial charge in [0.2, 0.25) is 0 Å². The Balaban J connectivity index is 1.69. The molecule has 152 valence electrons. The first-order valence-electron chi connectivity index (χ1n) is 10.0. The Bertz CT molecular complexity index is 1040. The van der Waals surface area contributed by atoms with Gasteiger partial charge in [-0.2, -0.15) is 0 Å². The Morgan fingerprint density at radius 2 is 1.86 bits per heavy atom. The molecule has 0 saturated carbocycles. The lowest BCUT2D eigenvalue weighted by molar-refractivity contribution is 0.180. The minimum absolute atomic E-state index is 0.116. The number of fused-ring (bicyclic) bond motifs is 1. The molecule has 1 aromatic heterocycles. The largest absolute Gasteiger partial charge is 0.507 e. The number of piperidine rings is 1. The highest BCUT2D eigenvalue weighted by Gasteiger charge is 2.19. The lowest BCUT2D eigenvalue weighted by Gasteiger charge is -2.26. The van der Waals surface area contributed by atoms with Gasteiger partial charge in [0.25, 0.3) is 0 Å². The SMILES string of the molecule is COc1c(OCCN2CCCCC2)cc(O)c2c(=O)cc(-c3ccccc3)[nH]c12. The Hall–Kier alpha value is -2.99. The summed E-state index contributed by atoms with van der Waals surface area (Å²) in [7, 11) is 1.54.